The highest BCUT2D eigenvalue weighted by Gasteiger charge is 2.45. The fourth-order valence-corrected chi connectivity index (χ4v) is 3.60. The van der Waals surface area contributed by atoms with Crippen LogP contribution in [-0.2, 0) is 18.4 Å². The molecule has 0 spiro atoms. The van der Waals surface area contributed by atoms with Gasteiger partial charge in [0.05, 0.1) is 6.54 Å². The van der Waals surface area contributed by atoms with E-state index >= 15 is 0 Å². The predicted octanol–water partition coefficient (Wildman–Crippen LogP) is 0.649. The molecular weight excluding hydrogens is 352 g/mol. The van der Waals surface area contributed by atoms with Gasteiger partial charge in [0.15, 0.2) is 11.9 Å². The summed E-state index contributed by atoms with van der Waals surface area (Å²) < 4.78 is 8.79. The van der Waals surface area contributed by atoms with Crippen molar-refractivity contribution in [3.63, 3.8) is 0 Å². The van der Waals surface area contributed by atoms with E-state index in [0.717, 1.165) is 9.25 Å². The van der Waals surface area contributed by atoms with Gasteiger partial charge >= 0.3 is 17.5 Å². The molecule has 140 valence electrons. The lowest BCUT2D eigenvalue weighted by molar-refractivity contribution is -0.120. The molecule has 2 atom stereocenters. The van der Waals surface area contributed by atoms with Crippen molar-refractivity contribution in [3.05, 3.63) is 62.9 Å². The number of ether oxygens (including phenoxy) is 1. The van der Waals surface area contributed by atoms with Crippen LogP contribution in [0, 0.1) is 0 Å². The van der Waals surface area contributed by atoms with E-state index in [1.807, 2.05) is 0 Å². The molecule has 2 aromatic rings. The van der Waals surface area contributed by atoms with Gasteiger partial charge in [0.25, 0.3) is 0 Å². The molecule has 0 aliphatic carbocycles. The molecule has 27 heavy (non-hydrogen) atoms. The third-order valence-corrected chi connectivity index (χ3v) is 4.95. The van der Waals surface area contributed by atoms with Crippen LogP contribution in [0.1, 0.15) is 19.5 Å². The molecule has 4 rings (SSSR count). The van der Waals surface area contributed by atoms with E-state index in [0.29, 0.717) is 11.3 Å². The quantitative estimate of drug-likeness (QED) is 0.734. The Morgan fingerprint density at radius 3 is 2.52 bits per heavy atom. The third kappa shape index (κ3) is 2.54. The van der Waals surface area contributed by atoms with Crippen molar-refractivity contribution in [2.45, 2.75) is 32.1 Å². The summed E-state index contributed by atoms with van der Waals surface area (Å²) in [4.78, 5) is 51.7. The number of fused-ring (bicyclic) bond motifs is 3. The number of hydrogen-bond acceptors (Lipinski definition) is 5. The summed E-state index contributed by atoms with van der Waals surface area (Å²) in [6.45, 7) is 1.81. The van der Waals surface area contributed by atoms with Gasteiger partial charge in [0.2, 0.25) is 0 Å². The Morgan fingerprint density at radius 2 is 1.81 bits per heavy atom. The number of carbonyl (C=O) groups excluding carboxylic acids is 2. The predicted molar refractivity (Wildman–Crippen MR) is 94.4 cm³/mol. The number of benzene rings is 1. The SMILES string of the molecule is C[C@H]1CC(=O)C2=CCn3c(=O)n(C)c(=O)n3[C@@H]2N1C(=O)Oc1ccccc1. The maximum Gasteiger partial charge on any atom is 0.417 e. The number of nitrogens with zero attached hydrogens (tertiary/aromatic N) is 4. The van der Waals surface area contributed by atoms with Crippen molar-refractivity contribution in [3.8, 4) is 5.75 Å². The van der Waals surface area contributed by atoms with Crippen LogP contribution in [0.15, 0.2) is 51.6 Å². The lowest BCUT2D eigenvalue weighted by Gasteiger charge is -2.42. The van der Waals surface area contributed by atoms with Crippen molar-refractivity contribution in [1.82, 2.24) is 18.8 Å². The molecule has 1 saturated heterocycles. The molecule has 1 amide bonds. The molecule has 3 heterocycles. The molecule has 1 fully saturated rings. The maximum atomic E-state index is 12.9. The number of ketones is 1. The van der Waals surface area contributed by atoms with Crippen LogP contribution in [0.25, 0.3) is 0 Å². The minimum Gasteiger partial charge on any atom is -0.410 e. The highest BCUT2D eigenvalue weighted by atomic mass is 16.6. The number of aromatic nitrogens is 3. The summed E-state index contributed by atoms with van der Waals surface area (Å²) in [7, 11) is 1.36. The van der Waals surface area contributed by atoms with E-state index < -0.39 is 29.7 Å². The zero-order valence-electron chi connectivity index (χ0n) is 14.9. The lowest BCUT2D eigenvalue weighted by atomic mass is 9.93. The Bertz CT molecular complexity index is 1080. The first-order chi connectivity index (χ1) is 12.9. The summed E-state index contributed by atoms with van der Waals surface area (Å²) in [6.07, 6.45) is 0.0296. The van der Waals surface area contributed by atoms with Crippen molar-refractivity contribution >= 4 is 11.9 Å². The second kappa shape index (κ2) is 6.11. The minimum absolute atomic E-state index is 0.0996. The Kier molecular flexibility index (Phi) is 3.87. The number of carbonyl (C=O) groups is 2. The summed E-state index contributed by atoms with van der Waals surface area (Å²) in [5, 5.41) is 0. The lowest BCUT2D eigenvalue weighted by Crippen LogP contribution is -2.55. The van der Waals surface area contributed by atoms with Crippen LogP contribution in [-0.4, -0.2) is 36.7 Å². The average molecular weight is 370 g/mol. The number of rotatable bonds is 1. The molecule has 0 unspecified atom stereocenters. The zero-order valence-corrected chi connectivity index (χ0v) is 14.9. The van der Waals surface area contributed by atoms with E-state index in [1.165, 1.54) is 16.6 Å². The van der Waals surface area contributed by atoms with Gasteiger partial charge in [-0.25, -0.2) is 28.3 Å². The van der Waals surface area contributed by atoms with Gasteiger partial charge in [-0.2, -0.15) is 0 Å². The van der Waals surface area contributed by atoms with Crippen LogP contribution in [0.4, 0.5) is 4.79 Å². The van der Waals surface area contributed by atoms with Gasteiger partial charge in [-0.05, 0) is 19.1 Å². The molecule has 2 aliphatic rings. The Labute approximate surface area is 153 Å². The van der Waals surface area contributed by atoms with Crippen molar-refractivity contribution in [2.24, 2.45) is 7.05 Å². The van der Waals surface area contributed by atoms with Crippen LogP contribution >= 0.6 is 0 Å². The number of hydrogen-bond donors (Lipinski definition) is 0. The second-order valence-electron chi connectivity index (χ2n) is 6.65. The molecule has 1 aromatic heterocycles. The van der Waals surface area contributed by atoms with E-state index in [2.05, 4.69) is 0 Å². The first-order valence-electron chi connectivity index (χ1n) is 8.57. The molecule has 0 N–H and O–H groups in total. The first kappa shape index (κ1) is 17.1. The fourth-order valence-electron chi connectivity index (χ4n) is 3.60. The van der Waals surface area contributed by atoms with Gasteiger partial charge in [0.1, 0.15) is 5.75 Å². The highest BCUT2D eigenvalue weighted by Crippen LogP contribution is 2.34. The first-order valence-corrected chi connectivity index (χ1v) is 8.57. The summed E-state index contributed by atoms with van der Waals surface area (Å²) in [6, 6.07) is 8.04. The number of amides is 1. The van der Waals surface area contributed by atoms with E-state index in [4.69, 9.17) is 4.74 Å². The third-order valence-electron chi connectivity index (χ3n) is 4.95. The fraction of sp³-hybridized carbons (Fsp3) is 0.333. The molecule has 0 saturated carbocycles. The topological polar surface area (TPSA) is 95.5 Å². The highest BCUT2D eigenvalue weighted by molar-refractivity contribution is 5.98. The molecule has 9 heteroatoms. The van der Waals surface area contributed by atoms with E-state index in [9.17, 15) is 19.2 Å². The van der Waals surface area contributed by atoms with Gasteiger partial charge in [-0.1, -0.05) is 24.3 Å². The monoisotopic (exact) mass is 370 g/mol. The summed E-state index contributed by atoms with van der Waals surface area (Å²) in [5.41, 5.74) is -0.766. The maximum absolute atomic E-state index is 12.9. The number of para-hydroxylation sites is 1. The Balaban J connectivity index is 1.81. The molecule has 0 bridgehead atoms. The minimum atomic E-state index is -1.01. The number of piperidine rings is 1. The smallest absolute Gasteiger partial charge is 0.410 e. The molecule has 1 aromatic carbocycles. The second-order valence-corrected chi connectivity index (χ2v) is 6.65. The van der Waals surface area contributed by atoms with Crippen LogP contribution < -0.4 is 16.1 Å². The average Bonchev–Trinajstić information content (AvgIpc) is 2.87. The summed E-state index contributed by atoms with van der Waals surface area (Å²) in [5.74, 6) is 0.205. The largest absolute Gasteiger partial charge is 0.417 e. The zero-order chi connectivity index (χ0) is 19.3. The van der Waals surface area contributed by atoms with Crippen LogP contribution in [0.2, 0.25) is 0 Å². The normalized spacial score (nSPS) is 21.3. The molecule has 0 radical (unpaired) electrons. The standard InChI is InChI=1S/C18H18N4O5/c1-11-10-14(23)13-8-9-20-16(24)19(2)17(25)22(20)15(13)21(11)18(26)27-12-6-4-3-5-7-12/h3-8,11,15H,9-10H2,1-2H3/t11-,15-/m0/s1. The Hall–Kier alpha value is -3.36. The van der Waals surface area contributed by atoms with Gasteiger partial charge < -0.3 is 4.74 Å². The summed E-state index contributed by atoms with van der Waals surface area (Å²) >= 11 is 0. The molecule has 2 aliphatic heterocycles. The van der Waals surface area contributed by atoms with Gasteiger partial charge in [0, 0.05) is 25.1 Å². The van der Waals surface area contributed by atoms with Crippen LogP contribution in [0.3, 0.4) is 0 Å². The van der Waals surface area contributed by atoms with Crippen molar-refractivity contribution in [2.75, 3.05) is 0 Å². The Morgan fingerprint density at radius 1 is 1.11 bits per heavy atom. The van der Waals surface area contributed by atoms with Crippen molar-refractivity contribution in [1.29, 1.82) is 0 Å². The number of Topliss-reactive ketones (excluding diaryl/α,β-unsaturated/α-hetero) is 1. The van der Waals surface area contributed by atoms with Gasteiger partial charge in [-0.3, -0.25) is 9.69 Å². The number of allylic oxidation sites excluding steroid dienone is 1. The van der Waals surface area contributed by atoms with E-state index in [-0.39, 0.29) is 18.7 Å². The van der Waals surface area contributed by atoms with Crippen LogP contribution in [0.5, 0.6) is 5.75 Å². The van der Waals surface area contributed by atoms with Gasteiger partial charge in [-0.15, -0.1) is 0 Å². The van der Waals surface area contributed by atoms with E-state index in [1.54, 1.807) is 43.3 Å². The molecule has 9 nitrogen and oxygen atoms in total. The molecular formula is C18H18N4O5. The van der Waals surface area contributed by atoms with Crippen molar-refractivity contribution < 1.29 is 14.3 Å². The number of likely N-dealkylation sites (tertiary alicyclic amines) is 1.